The van der Waals surface area contributed by atoms with E-state index in [9.17, 15) is 0 Å². The first kappa shape index (κ1) is 11.9. The molecule has 0 saturated carbocycles. The molecule has 16 heavy (non-hydrogen) atoms. The predicted molar refractivity (Wildman–Crippen MR) is 66.5 cm³/mol. The number of rotatable bonds is 4. The van der Waals surface area contributed by atoms with Crippen LogP contribution in [0.1, 0.15) is 12.0 Å². The van der Waals surface area contributed by atoms with Crippen molar-refractivity contribution in [1.82, 2.24) is 0 Å². The van der Waals surface area contributed by atoms with Crippen LogP contribution < -0.4 is 10.5 Å². The van der Waals surface area contributed by atoms with Crippen LogP contribution in [0.4, 0.5) is 0 Å². The highest BCUT2D eigenvalue weighted by Crippen LogP contribution is 2.24. The van der Waals surface area contributed by atoms with E-state index in [0.717, 1.165) is 35.4 Å². The molecule has 1 heterocycles. The molecule has 1 saturated heterocycles. The fourth-order valence-corrected chi connectivity index (χ4v) is 2.09. The highest BCUT2D eigenvalue weighted by molar-refractivity contribution is 9.10. The number of ether oxygens (including phenoxy) is 2. The van der Waals surface area contributed by atoms with Gasteiger partial charge in [0.05, 0.1) is 13.2 Å². The Morgan fingerprint density at radius 3 is 3.06 bits per heavy atom. The maximum atomic E-state index is 5.80. The Bertz CT molecular complexity index is 351. The topological polar surface area (TPSA) is 44.5 Å². The predicted octanol–water partition coefficient (Wildman–Crippen LogP) is 2.32. The largest absolute Gasteiger partial charge is 0.493 e. The molecule has 0 amide bonds. The van der Waals surface area contributed by atoms with Crippen LogP contribution in [-0.2, 0) is 11.3 Å². The third kappa shape index (κ3) is 2.97. The van der Waals surface area contributed by atoms with Crippen molar-refractivity contribution in [2.45, 2.75) is 13.0 Å². The molecule has 0 spiro atoms. The van der Waals surface area contributed by atoms with Gasteiger partial charge in [-0.2, -0.15) is 0 Å². The van der Waals surface area contributed by atoms with E-state index in [1.807, 2.05) is 18.2 Å². The van der Waals surface area contributed by atoms with E-state index in [4.69, 9.17) is 15.2 Å². The first-order valence-electron chi connectivity index (χ1n) is 5.48. The number of nitrogens with two attached hydrogens (primary N) is 1. The molecule has 1 aliphatic heterocycles. The van der Waals surface area contributed by atoms with Gasteiger partial charge in [-0.15, -0.1) is 0 Å². The first-order chi connectivity index (χ1) is 7.79. The van der Waals surface area contributed by atoms with Crippen LogP contribution in [0.3, 0.4) is 0 Å². The van der Waals surface area contributed by atoms with Crippen molar-refractivity contribution < 1.29 is 9.47 Å². The molecule has 1 unspecified atom stereocenters. The van der Waals surface area contributed by atoms with Gasteiger partial charge in [0.15, 0.2) is 0 Å². The summed E-state index contributed by atoms with van der Waals surface area (Å²) in [4.78, 5) is 0. The minimum atomic E-state index is 0.504. The molecule has 2 N–H and O–H groups in total. The van der Waals surface area contributed by atoms with Crippen molar-refractivity contribution in [3.63, 3.8) is 0 Å². The summed E-state index contributed by atoms with van der Waals surface area (Å²) in [6, 6.07) is 5.94. The fourth-order valence-electron chi connectivity index (χ4n) is 1.75. The molecule has 1 atom stereocenters. The monoisotopic (exact) mass is 285 g/mol. The van der Waals surface area contributed by atoms with Crippen molar-refractivity contribution >= 4 is 15.9 Å². The lowest BCUT2D eigenvalue weighted by Crippen LogP contribution is -2.13. The Labute approximate surface area is 104 Å². The zero-order valence-corrected chi connectivity index (χ0v) is 10.7. The summed E-state index contributed by atoms with van der Waals surface area (Å²) >= 11 is 3.43. The molecule has 0 radical (unpaired) electrons. The third-order valence-electron chi connectivity index (χ3n) is 2.75. The summed E-state index contributed by atoms with van der Waals surface area (Å²) in [6.07, 6.45) is 1.09. The molecule has 2 rings (SSSR count). The van der Waals surface area contributed by atoms with Crippen molar-refractivity contribution in [2.75, 3.05) is 19.8 Å². The third-order valence-corrected chi connectivity index (χ3v) is 3.24. The van der Waals surface area contributed by atoms with Crippen molar-refractivity contribution in [3.05, 3.63) is 28.2 Å². The van der Waals surface area contributed by atoms with Crippen LogP contribution in [0.25, 0.3) is 0 Å². The highest BCUT2D eigenvalue weighted by Gasteiger charge is 2.16. The Balaban J connectivity index is 1.98. The maximum Gasteiger partial charge on any atom is 0.124 e. The second-order valence-electron chi connectivity index (χ2n) is 4.00. The Kier molecular flexibility index (Phi) is 4.21. The van der Waals surface area contributed by atoms with Crippen molar-refractivity contribution in [2.24, 2.45) is 11.7 Å². The lowest BCUT2D eigenvalue weighted by molar-refractivity contribution is 0.166. The van der Waals surface area contributed by atoms with Crippen LogP contribution in [0.15, 0.2) is 22.7 Å². The van der Waals surface area contributed by atoms with Gasteiger partial charge in [-0.3, -0.25) is 0 Å². The van der Waals surface area contributed by atoms with Crippen LogP contribution in [-0.4, -0.2) is 19.8 Å². The van der Waals surface area contributed by atoms with E-state index < -0.39 is 0 Å². The summed E-state index contributed by atoms with van der Waals surface area (Å²) in [6.45, 7) is 2.88. The SMILES string of the molecule is NCc1ccc(Br)cc1OCC1CCOC1. The van der Waals surface area contributed by atoms with Crippen molar-refractivity contribution in [1.29, 1.82) is 0 Å². The minimum absolute atomic E-state index is 0.504. The summed E-state index contributed by atoms with van der Waals surface area (Å²) in [7, 11) is 0. The van der Waals surface area contributed by atoms with Crippen LogP contribution in [0.5, 0.6) is 5.75 Å². The zero-order valence-electron chi connectivity index (χ0n) is 9.12. The molecular formula is C12H16BrNO2. The molecule has 0 bridgehead atoms. The van der Waals surface area contributed by atoms with E-state index in [2.05, 4.69) is 15.9 Å². The lowest BCUT2D eigenvalue weighted by atomic mass is 10.1. The average molecular weight is 286 g/mol. The molecule has 1 aromatic carbocycles. The van der Waals surface area contributed by atoms with Gasteiger partial charge in [0.1, 0.15) is 5.75 Å². The molecular weight excluding hydrogens is 270 g/mol. The van der Waals surface area contributed by atoms with Gasteiger partial charge in [0.2, 0.25) is 0 Å². The molecule has 88 valence electrons. The van der Waals surface area contributed by atoms with Gasteiger partial charge < -0.3 is 15.2 Å². The molecule has 3 nitrogen and oxygen atoms in total. The van der Waals surface area contributed by atoms with E-state index in [1.165, 1.54) is 0 Å². The van der Waals surface area contributed by atoms with Crippen molar-refractivity contribution in [3.8, 4) is 5.75 Å². The number of halogens is 1. The van der Waals surface area contributed by atoms with Crippen LogP contribution in [0, 0.1) is 5.92 Å². The summed E-state index contributed by atoms with van der Waals surface area (Å²) in [5.74, 6) is 1.40. The second kappa shape index (κ2) is 5.66. The number of hydrogen-bond acceptors (Lipinski definition) is 3. The summed E-state index contributed by atoms with van der Waals surface area (Å²) < 4.78 is 12.1. The van der Waals surface area contributed by atoms with E-state index in [1.54, 1.807) is 0 Å². The standard InChI is InChI=1S/C12H16BrNO2/c13-11-2-1-10(6-14)12(5-11)16-8-9-3-4-15-7-9/h1-2,5,9H,3-4,6-8,14H2. The molecule has 1 fully saturated rings. The Morgan fingerprint density at radius 1 is 1.50 bits per heavy atom. The molecule has 0 aromatic heterocycles. The number of benzene rings is 1. The highest BCUT2D eigenvalue weighted by atomic mass is 79.9. The van der Waals surface area contributed by atoms with E-state index in [0.29, 0.717) is 19.1 Å². The summed E-state index contributed by atoms with van der Waals surface area (Å²) in [5.41, 5.74) is 6.71. The van der Waals surface area contributed by atoms with E-state index >= 15 is 0 Å². The summed E-state index contributed by atoms with van der Waals surface area (Å²) in [5, 5.41) is 0. The molecule has 1 aromatic rings. The number of hydrogen-bond donors (Lipinski definition) is 1. The van der Waals surface area contributed by atoms with Crippen LogP contribution in [0.2, 0.25) is 0 Å². The van der Waals surface area contributed by atoms with Gasteiger partial charge >= 0.3 is 0 Å². The smallest absolute Gasteiger partial charge is 0.124 e. The Hall–Kier alpha value is -0.580. The molecule has 4 heteroatoms. The average Bonchev–Trinajstić information content (AvgIpc) is 2.79. The molecule has 1 aliphatic rings. The molecule has 0 aliphatic carbocycles. The van der Waals surface area contributed by atoms with E-state index in [-0.39, 0.29) is 0 Å². The Morgan fingerprint density at radius 2 is 2.38 bits per heavy atom. The van der Waals surface area contributed by atoms with Gasteiger partial charge in [0, 0.05) is 29.1 Å². The normalized spacial score (nSPS) is 20.0. The lowest BCUT2D eigenvalue weighted by Gasteiger charge is -2.13. The zero-order chi connectivity index (χ0) is 11.4. The quantitative estimate of drug-likeness (QED) is 0.924. The minimum Gasteiger partial charge on any atom is -0.493 e. The van der Waals surface area contributed by atoms with Gasteiger partial charge in [-0.1, -0.05) is 22.0 Å². The van der Waals surface area contributed by atoms with Gasteiger partial charge in [0.25, 0.3) is 0 Å². The maximum absolute atomic E-state index is 5.80. The van der Waals surface area contributed by atoms with Gasteiger partial charge in [-0.25, -0.2) is 0 Å². The van der Waals surface area contributed by atoms with Gasteiger partial charge in [-0.05, 0) is 18.6 Å². The van der Waals surface area contributed by atoms with Crippen LogP contribution >= 0.6 is 15.9 Å². The first-order valence-corrected chi connectivity index (χ1v) is 6.28. The fraction of sp³-hybridized carbons (Fsp3) is 0.500. The second-order valence-corrected chi connectivity index (χ2v) is 4.91.